The van der Waals surface area contributed by atoms with Crippen LogP contribution in [0, 0.1) is 13.8 Å². The minimum atomic E-state index is -0.280. The fraction of sp³-hybridized carbons (Fsp3) is 0.429. The Hall–Kier alpha value is -1.33. The number of rotatable bonds is 4. The molecule has 19 heavy (non-hydrogen) atoms. The molecule has 2 rings (SSSR count). The molecule has 0 bridgehead atoms. The lowest BCUT2D eigenvalue weighted by atomic mass is 10.1. The van der Waals surface area contributed by atoms with Gasteiger partial charge in [-0.2, -0.15) is 0 Å². The molecule has 1 saturated heterocycles. The topological polar surface area (TPSA) is 63.4 Å². The second-order valence-electron chi connectivity index (χ2n) is 4.69. The molecule has 2 amide bonds. The van der Waals surface area contributed by atoms with E-state index in [1.165, 1.54) is 16.7 Å². The van der Waals surface area contributed by atoms with Crippen molar-refractivity contribution in [2.45, 2.75) is 25.5 Å². The Labute approximate surface area is 117 Å². The predicted octanol–water partition coefficient (Wildman–Crippen LogP) is 1.63. The molecule has 2 N–H and O–H groups in total. The second-order valence-corrected chi connectivity index (χ2v) is 6.00. The Morgan fingerprint density at radius 1 is 1.32 bits per heavy atom. The van der Waals surface area contributed by atoms with E-state index in [4.69, 9.17) is 5.73 Å². The van der Waals surface area contributed by atoms with Crippen molar-refractivity contribution in [3.8, 4) is 0 Å². The van der Waals surface area contributed by atoms with Crippen LogP contribution in [0.1, 0.15) is 17.5 Å². The third-order valence-electron chi connectivity index (χ3n) is 3.29. The third-order valence-corrected chi connectivity index (χ3v) is 4.53. The van der Waals surface area contributed by atoms with Crippen molar-refractivity contribution in [3.05, 3.63) is 29.3 Å². The first-order valence-electron chi connectivity index (χ1n) is 6.30. The van der Waals surface area contributed by atoms with Crippen LogP contribution >= 0.6 is 11.8 Å². The van der Waals surface area contributed by atoms with E-state index in [1.807, 2.05) is 32.0 Å². The Bertz CT molecular complexity index is 516. The molecule has 0 aromatic heterocycles. The average molecular weight is 278 g/mol. The number of hydrogen-bond acceptors (Lipinski definition) is 4. The van der Waals surface area contributed by atoms with Crippen molar-refractivity contribution >= 4 is 29.3 Å². The van der Waals surface area contributed by atoms with Gasteiger partial charge in [0.1, 0.15) is 0 Å². The first-order valence-corrected chi connectivity index (χ1v) is 7.35. The van der Waals surface area contributed by atoms with Crippen molar-refractivity contribution in [2.75, 3.05) is 17.2 Å². The molecule has 0 radical (unpaired) electrons. The van der Waals surface area contributed by atoms with E-state index >= 15 is 0 Å². The second kappa shape index (κ2) is 5.75. The van der Waals surface area contributed by atoms with Crippen LogP contribution < -0.4 is 10.6 Å². The highest BCUT2D eigenvalue weighted by molar-refractivity contribution is 8.00. The summed E-state index contributed by atoms with van der Waals surface area (Å²) in [5, 5.41) is -0.280. The Morgan fingerprint density at radius 2 is 2.05 bits per heavy atom. The molecule has 1 fully saturated rings. The first-order chi connectivity index (χ1) is 9.04. The Kier molecular flexibility index (Phi) is 4.27. The number of thioether (sulfide) groups is 1. The lowest BCUT2D eigenvalue weighted by Gasteiger charge is -2.16. The molecule has 1 heterocycles. The zero-order valence-electron chi connectivity index (χ0n) is 11.2. The summed E-state index contributed by atoms with van der Waals surface area (Å²) in [5.41, 5.74) is 8.34. The molecule has 0 aliphatic carbocycles. The number of hydrogen-bond donors (Lipinski definition) is 1. The number of aryl methyl sites for hydroxylation is 2. The summed E-state index contributed by atoms with van der Waals surface area (Å²) in [5.74, 6) is 0.458. The highest BCUT2D eigenvalue weighted by atomic mass is 32.2. The fourth-order valence-electron chi connectivity index (χ4n) is 2.08. The molecule has 1 aromatic carbocycles. The van der Waals surface area contributed by atoms with Gasteiger partial charge >= 0.3 is 0 Å². The summed E-state index contributed by atoms with van der Waals surface area (Å²) in [6.45, 7) is 4.50. The molecule has 1 atom stereocenters. The fourth-order valence-corrected chi connectivity index (χ4v) is 3.01. The molecule has 1 unspecified atom stereocenters. The normalized spacial score (nSPS) is 19.3. The summed E-state index contributed by atoms with van der Waals surface area (Å²) in [4.78, 5) is 25.6. The Morgan fingerprint density at radius 3 is 2.68 bits per heavy atom. The molecule has 0 saturated carbocycles. The molecule has 0 spiro atoms. The van der Waals surface area contributed by atoms with Gasteiger partial charge in [0, 0.05) is 18.7 Å². The van der Waals surface area contributed by atoms with Crippen molar-refractivity contribution in [3.63, 3.8) is 0 Å². The van der Waals surface area contributed by atoms with Gasteiger partial charge in [0.2, 0.25) is 11.8 Å². The van der Waals surface area contributed by atoms with Crippen LogP contribution in [0.5, 0.6) is 0 Å². The third kappa shape index (κ3) is 2.82. The highest BCUT2D eigenvalue weighted by Crippen LogP contribution is 2.30. The quantitative estimate of drug-likeness (QED) is 0.850. The van der Waals surface area contributed by atoms with Gasteiger partial charge < -0.3 is 5.73 Å². The molecule has 1 aliphatic heterocycles. The van der Waals surface area contributed by atoms with E-state index in [1.54, 1.807) is 0 Å². The largest absolute Gasteiger partial charge is 0.330 e. The van der Waals surface area contributed by atoms with Gasteiger partial charge in [0.25, 0.3) is 0 Å². The molecular formula is C14H18N2O2S. The summed E-state index contributed by atoms with van der Waals surface area (Å²) in [7, 11) is 0. The maximum atomic E-state index is 12.3. The van der Waals surface area contributed by atoms with E-state index in [9.17, 15) is 9.59 Å². The highest BCUT2D eigenvalue weighted by Gasteiger charge is 2.39. The van der Waals surface area contributed by atoms with Gasteiger partial charge in [-0.3, -0.25) is 9.59 Å². The average Bonchev–Trinajstić information content (AvgIpc) is 2.65. The molecule has 102 valence electrons. The molecule has 1 aromatic rings. The van der Waals surface area contributed by atoms with E-state index in [2.05, 4.69) is 0 Å². The predicted molar refractivity (Wildman–Crippen MR) is 78.3 cm³/mol. The van der Waals surface area contributed by atoms with Crippen LogP contribution in [0.15, 0.2) is 18.2 Å². The number of nitrogens with zero attached hydrogens (tertiary/aromatic N) is 1. The van der Waals surface area contributed by atoms with Gasteiger partial charge in [-0.15, -0.1) is 11.8 Å². The lowest BCUT2D eigenvalue weighted by Crippen LogP contribution is -2.31. The van der Waals surface area contributed by atoms with E-state index in [-0.39, 0.29) is 23.5 Å². The summed E-state index contributed by atoms with van der Waals surface area (Å²) < 4.78 is 0. The smallest absolute Gasteiger partial charge is 0.247 e. The molecular weight excluding hydrogens is 260 g/mol. The number of anilines is 1. The van der Waals surface area contributed by atoms with Crippen molar-refractivity contribution in [1.82, 2.24) is 0 Å². The van der Waals surface area contributed by atoms with Crippen molar-refractivity contribution in [1.29, 1.82) is 0 Å². The van der Waals surface area contributed by atoms with Gasteiger partial charge in [-0.05, 0) is 37.1 Å². The number of carbonyl (C=O) groups is 2. The van der Waals surface area contributed by atoms with Crippen molar-refractivity contribution < 1.29 is 9.59 Å². The zero-order valence-corrected chi connectivity index (χ0v) is 12.0. The monoisotopic (exact) mass is 278 g/mol. The van der Waals surface area contributed by atoms with Gasteiger partial charge in [-0.1, -0.05) is 6.07 Å². The van der Waals surface area contributed by atoms with Crippen LogP contribution in [0.25, 0.3) is 0 Å². The van der Waals surface area contributed by atoms with E-state index in [0.717, 1.165) is 11.1 Å². The number of amides is 2. The molecule has 5 heteroatoms. The van der Waals surface area contributed by atoms with Gasteiger partial charge in [0.05, 0.1) is 10.9 Å². The van der Waals surface area contributed by atoms with E-state index in [0.29, 0.717) is 18.0 Å². The summed E-state index contributed by atoms with van der Waals surface area (Å²) in [6, 6.07) is 5.65. The maximum Gasteiger partial charge on any atom is 0.247 e. The maximum absolute atomic E-state index is 12.3. The van der Waals surface area contributed by atoms with Gasteiger partial charge in [0.15, 0.2) is 0 Å². The van der Waals surface area contributed by atoms with Crippen LogP contribution in [0.2, 0.25) is 0 Å². The van der Waals surface area contributed by atoms with E-state index < -0.39 is 0 Å². The van der Waals surface area contributed by atoms with Crippen LogP contribution in [-0.2, 0) is 9.59 Å². The number of benzene rings is 1. The first kappa shape index (κ1) is 14.1. The molecule has 4 nitrogen and oxygen atoms in total. The van der Waals surface area contributed by atoms with Crippen LogP contribution in [0.4, 0.5) is 5.69 Å². The minimum absolute atomic E-state index is 0.119. The SMILES string of the molecule is Cc1ccc(N2C(=O)CC(SCCN)C2=O)cc1C. The van der Waals surface area contributed by atoms with Crippen molar-refractivity contribution in [2.24, 2.45) is 5.73 Å². The van der Waals surface area contributed by atoms with Crippen LogP contribution in [0.3, 0.4) is 0 Å². The number of nitrogens with two attached hydrogens (primary N) is 1. The number of imide groups is 1. The number of carbonyl (C=O) groups excluding carboxylic acids is 2. The van der Waals surface area contributed by atoms with Crippen LogP contribution in [-0.4, -0.2) is 29.4 Å². The minimum Gasteiger partial charge on any atom is -0.330 e. The van der Waals surface area contributed by atoms with Gasteiger partial charge in [-0.25, -0.2) is 4.90 Å². The lowest BCUT2D eigenvalue weighted by molar-refractivity contribution is -0.121. The standard InChI is InChI=1S/C14H18N2O2S/c1-9-3-4-11(7-10(9)2)16-13(17)8-12(14(16)18)19-6-5-15/h3-4,7,12H,5-6,8,15H2,1-2H3. The Balaban J connectivity index is 2.22. The zero-order chi connectivity index (χ0) is 14.0. The summed E-state index contributed by atoms with van der Waals surface area (Å²) in [6.07, 6.45) is 0.274. The summed E-state index contributed by atoms with van der Waals surface area (Å²) >= 11 is 1.46. The molecule has 1 aliphatic rings.